The van der Waals surface area contributed by atoms with Gasteiger partial charge in [0.25, 0.3) is 5.91 Å². The Kier molecular flexibility index (Phi) is 6.24. The van der Waals surface area contributed by atoms with Crippen molar-refractivity contribution >= 4 is 17.6 Å². The predicted molar refractivity (Wildman–Crippen MR) is 126 cm³/mol. The fourth-order valence-corrected chi connectivity index (χ4v) is 4.92. The van der Waals surface area contributed by atoms with Gasteiger partial charge in [0.05, 0.1) is 17.9 Å². The highest BCUT2D eigenvalue weighted by molar-refractivity contribution is 6.05. The maximum atomic E-state index is 14.6. The molecule has 2 heterocycles. The van der Waals surface area contributed by atoms with Gasteiger partial charge in [0.2, 0.25) is 0 Å². The number of alkyl halides is 5. The quantitative estimate of drug-likeness (QED) is 0.515. The van der Waals surface area contributed by atoms with Gasteiger partial charge in [-0.25, -0.2) is 4.79 Å². The minimum absolute atomic E-state index is 0.0241. The maximum absolute atomic E-state index is 14.6. The van der Waals surface area contributed by atoms with E-state index in [0.29, 0.717) is 17.2 Å². The maximum Gasteiger partial charge on any atom is 0.458 e. The number of nitrogens with one attached hydrogen (secondary N) is 1. The van der Waals surface area contributed by atoms with Gasteiger partial charge < -0.3 is 15.0 Å². The Morgan fingerprint density at radius 3 is 2.38 bits per heavy atom. The molecule has 0 unspecified atom stereocenters. The van der Waals surface area contributed by atoms with Gasteiger partial charge in [-0.1, -0.05) is 18.2 Å². The van der Waals surface area contributed by atoms with Gasteiger partial charge in [-0.3, -0.25) is 9.69 Å². The van der Waals surface area contributed by atoms with Gasteiger partial charge in [-0.05, 0) is 57.0 Å². The molecule has 0 saturated carbocycles. The Bertz CT molecular complexity index is 1320. The van der Waals surface area contributed by atoms with Gasteiger partial charge in [0, 0.05) is 30.3 Å². The molecule has 0 aliphatic carbocycles. The Morgan fingerprint density at radius 1 is 1.14 bits per heavy atom. The number of rotatable bonds is 4. The van der Waals surface area contributed by atoms with Crippen LogP contribution < -0.4 is 10.1 Å². The summed E-state index contributed by atoms with van der Waals surface area (Å²) in [6.45, 7) is 6.40. The highest BCUT2D eigenvalue weighted by atomic mass is 19.4. The standard InChI is InChI=1S/C26H26F5N3O3/c1-6-32-23(36)33(5)21-20(34-13-15-9-7-8-10-16(15)22(34)35)19-14(2)17(25(27,28)26(29,30)31)11-12-18(19)37-24(21,3)4/h7-12H,6,13H2,1-5H3,(H,32,36). The second-order valence-corrected chi connectivity index (χ2v) is 9.44. The van der Waals surface area contributed by atoms with Crippen molar-refractivity contribution in [3.63, 3.8) is 0 Å². The first-order valence-corrected chi connectivity index (χ1v) is 11.6. The van der Waals surface area contributed by atoms with Crippen LogP contribution in [0.25, 0.3) is 5.70 Å². The zero-order valence-corrected chi connectivity index (χ0v) is 20.9. The molecule has 0 spiro atoms. The minimum atomic E-state index is -5.84. The first-order chi connectivity index (χ1) is 17.1. The zero-order chi connectivity index (χ0) is 27.5. The smallest absolute Gasteiger partial charge is 0.458 e. The van der Waals surface area contributed by atoms with Crippen LogP contribution in [-0.2, 0) is 12.5 Å². The van der Waals surface area contributed by atoms with Crippen molar-refractivity contribution in [2.75, 3.05) is 13.6 Å². The van der Waals surface area contributed by atoms with Crippen LogP contribution in [0.4, 0.5) is 26.7 Å². The van der Waals surface area contributed by atoms with E-state index in [1.54, 1.807) is 45.0 Å². The lowest BCUT2D eigenvalue weighted by Gasteiger charge is -2.43. The lowest BCUT2D eigenvalue weighted by molar-refractivity contribution is -0.289. The summed E-state index contributed by atoms with van der Waals surface area (Å²) in [5.74, 6) is -5.60. The fourth-order valence-electron chi connectivity index (χ4n) is 4.92. The average Bonchev–Trinajstić information content (AvgIpc) is 3.13. The number of hydrogen-bond acceptors (Lipinski definition) is 3. The number of benzene rings is 2. The first-order valence-electron chi connectivity index (χ1n) is 11.6. The van der Waals surface area contributed by atoms with E-state index in [9.17, 15) is 31.5 Å². The molecule has 4 rings (SSSR count). The van der Waals surface area contributed by atoms with Crippen LogP contribution in [0.2, 0.25) is 0 Å². The summed E-state index contributed by atoms with van der Waals surface area (Å²) in [4.78, 5) is 28.9. The van der Waals surface area contributed by atoms with E-state index in [-0.39, 0.29) is 35.8 Å². The normalized spacial score (nSPS) is 16.8. The number of likely N-dealkylation sites (N-methyl/N-ethyl adjacent to an activating group) is 1. The summed E-state index contributed by atoms with van der Waals surface area (Å²) >= 11 is 0. The average molecular weight is 524 g/mol. The molecule has 11 heteroatoms. The molecule has 3 amide bonds. The zero-order valence-electron chi connectivity index (χ0n) is 20.9. The van der Waals surface area contributed by atoms with E-state index in [0.717, 1.165) is 13.0 Å². The van der Waals surface area contributed by atoms with E-state index < -0.39 is 40.8 Å². The summed E-state index contributed by atoms with van der Waals surface area (Å²) in [5, 5.41) is 2.64. The van der Waals surface area contributed by atoms with Crippen LogP contribution in [0.3, 0.4) is 0 Å². The third-order valence-electron chi connectivity index (χ3n) is 6.58. The molecular weight excluding hydrogens is 497 g/mol. The molecule has 0 saturated heterocycles. The summed E-state index contributed by atoms with van der Waals surface area (Å²) in [6, 6.07) is 7.93. The number of urea groups is 1. The molecule has 1 N–H and O–H groups in total. The van der Waals surface area contributed by atoms with Crippen LogP contribution in [0.5, 0.6) is 5.75 Å². The van der Waals surface area contributed by atoms with Gasteiger partial charge in [0.15, 0.2) is 0 Å². The predicted octanol–water partition coefficient (Wildman–Crippen LogP) is 5.81. The van der Waals surface area contributed by atoms with E-state index in [1.807, 2.05) is 0 Å². The highest BCUT2D eigenvalue weighted by Crippen LogP contribution is 2.51. The van der Waals surface area contributed by atoms with E-state index >= 15 is 0 Å². The van der Waals surface area contributed by atoms with Crippen LogP contribution in [0.15, 0.2) is 42.1 Å². The Morgan fingerprint density at radius 2 is 1.78 bits per heavy atom. The second kappa shape index (κ2) is 8.74. The number of ether oxygens (including phenoxy) is 1. The third kappa shape index (κ3) is 4.10. The molecule has 0 radical (unpaired) electrons. The number of carbonyl (C=O) groups is 2. The van der Waals surface area contributed by atoms with Gasteiger partial charge >= 0.3 is 18.1 Å². The summed E-state index contributed by atoms with van der Waals surface area (Å²) in [5.41, 5.74) is -1.83. The summed E-state index contributed by atoms with van der Waals surface area (Å²) < 4.78 is 75.4. The number of fused-ring (bicyclic) bond motifs is 2. The summed E-state index contributed by atoms with van der Waals surface area (Å²) in [7, 11) is 1.42. The van der Waals surface area contributed by atoms with Crippen molar-refractivity contribution in [1.29, 1.82) is 0 Å². The Balaban J connectivity index is 2.05. The largest absolute Gasteiger partial charge is 0.481 e. The topological polar surface area (TPSA) is 61.9 Å². The number of halogens is 5. The number of carbonyl (C=O) groups excluding carboxylic acids is 2. The van der Waals surface area contributed by atoms with Gasteiger partial charge in [-0.2, -0.15) is 22.0 Å². The molecule has 2 aliphatic rings. The van der Waals surface area contributed by atoms with E-state index in [4.69, 9.17) is 4.74 Å². The van der Waals surface area contributed by atoms with Crippen molar-refractivity contribution in [3.8, 4) is 5.75 Å². The molecule has 37 heavy (non-hydrogen) atoms. The number of amides is 3. The molecular formula is C26H26F5N3O3. The fraction of sp³-hybridized carbons (Fsp3) is 0.385. The van der Waals surface area contributed by atoms with Gasteiger partial charge in [-0.15, -0.1) is 0 Å². The molecule has 0 bridgehead atoms. The van der Waals surface area contributed by atoms with Crippen molar-refractivity contribution in [1.82, 2.24) is 15.1 Å². The Labute approximate surface area is 210 Å². The molecule has 2 aliphatic heterocycles. The van der Waals surface area contributed by atoms with Crippen LogP contribution in [-0.4, -0.2) is 47.1 Å². The van der Waals surface area contributed by atoms with Crippen molar-refractivity contribution in [2.24, 2.45) is 0 Å². The lowest BCUT2D eigenvalue weighted by Crippen LogP contribution is -2.49. The molecule has 2 aromatic carbocycles. The highest BCUT2D eigenvalue weighted by Gasteiger charge is 2.60. The van der Waals surface area contributed by atoms with Crippen LogP contribution in [0, 0.1) is 6.92 Å². The third-order valence-corrected chi connectivity index (χ3v) is 6.58. The molecule has 0 atom stereocenters. The van der Waals surface area contributed by atoms with Crippen molar-refractivity contribution in [3.05, 3.63) is 69.9 Å². The van der Waals surface area contributed by atoms with Crippen molar-refractivity contribution < 1.29 is 36.3 Å². The number of nitrogens with zero attached hydrogens (tertiary/aromatic N) is 2. The van der Waals surface area contributed by atoms with E-state index in [2.05, 4.69) is 5.32 Å². The SMILES string of the molecule is CCNC(=O)N(C)C1=C(N2Cc3ccccc3C2=O)c2c(ccc(C(F)(F)C(F)(F)F)c2C)OC1(C)C. The van der Waals surface area contributed by atoms with Gasteiger partial charge in [0.1, 0.15) is 11.4 Å². The molecule has 6 nitrogen and oxygen atoms in total. The molecule has 0 fully saturated rings. The van der Waals surface area contributed by atoms with Crippen molar-refractivity contribution in [2.45, 2.75) is 51.9 Å². The molecule has 2 aromatic rings. The minimum Gasteiger partial charge on any atom is -0.481 e. The molecule has 198 valence electrons. The second-order valence-electron chi connectivity index (χ2n) is 9.44. The first kappa shape index (κ1) is 26.4. The summed E-state index contributed by atoms with van der Waals surface area (Å²) in [6.07, 6.45) is -5.84. The Hall–Kier alpha value is -3.63. The monoisotopic (exact) mass is 523 g/mol. The van der Waals surface area contributed by atoms with Crippen LogP contribution >= 0.6 is 0 Å². The lowest BCUT2D eigenvalue weighted by atomic mass is 9.87. The van der Waals surface area contributed by atoms with E-state index in [1.165, 1.54) is 16.8 Å². The number of hydrogen-bond donors (Lipinski definition) is 1. The van der Waals surface area contributed by atoms with Crippen LogP contribution in [0.1, 0.15) is 53.4 Å². The molecule has 0 aromatic heterocycles.